The molecule has 1 aliphatic rings. The van der Waals surface area contributed by atoms with E-state index in [9.17, 15) is 18.0 Å². The van der Waals surface area contributed by atoms with Crippen LogP contribution in [0.3, 0.4) is 0 Å². The number of anilines is 1. The first-order valence-electron chi connectivity index (χ1n) is 11.5. The zero-order valence-electron chi connectivity index (χ0n) is 20.4. The minimum absolute atomic E-state index is 0.00864. The first-order chi connectivity index (χ1) is 17.2. The average Bonchev–Trinajstić information content (AvgIpc) is 2.89. The third-order valence-electron chi connectivity index (χ3n) is 6.01. The fourth-order valence-corrected chi connectivity index (χ4v) is 5.79. The molecule has 0 saturated carbocycles. The van der Waals surface area contributed by atoms with Gasteiger partial charge in [-0.3, -0.25) is 4.79 Å². The molecular formula is C27H28N2O6S. The van der Waals surface area contributed by atoms with Gasteiger partial charge in [-0.1, -0.05) is 54.6 Å². The highest BCUT2D eigenvalue weighted by Gasteiger charge is 2.37. The zero-order valence-corrected chi connectivity index (χ0v) is 21.2. The van der Waals surface area contributed by atoms with Crippen LogP contribution in [0, 0.1) is 13.8 Å². The van der Waals surface area contributed by atoms with Crippen molar-refractivity contribution in [2.75, 3.05) is 25.1 Å². The van der Waals surface area contributed by atoms with Crippen LogP contribution in [0.15, 0.2) is 77.7 Å². The van der Waals surface area contributed by atoms with Crippen LogP contribution in [0.1, 0.15) is 16.7 Å². The van der Waals surface area contributed by atoms with Crippen molar-refractivity contribution in [2.24, 2.45) is 0 Å². The number of rotatable bonds is 7. The first kappa shape index (κ1) is 25.4. The second-order valence-corrected chi connectivity index (χ2v) is 10.5. The molecule has 3 aromatic carbocycles. The Kier molecular flexibility index (Phi) is 7.42. The van der Waals surface area contributed by atoms with Gasteiger partial charge in [-0.25, -0.2) is 13.2 Å². The van der Waals surface area contributed by atoms with Gasteiger partial charge in [0.1, 0.15) is 5.75 Å². The molecule has 8 nitrogen and oxygen atoms in total. The summed E-state index contributed by atoms with van der Waals surface area (Å²) in [6.07, 6.45) is -1.02. The van der Waals surface area contributed by atoms with Crippen molar-refractivity contribution in [3.05, 3.63) is 89.5 Å². The normalized spacial score (nSPS) is 15.2. The molecule has 0 fully saturated rings. The Morgan fingerprint density at radius 2 is 1.72 bits per heavy atom. The van der Waals surface area contributed by atoms with Gasteiger partial charge in [0.15, 0.2) is 0 Å². The second kappa shape index (κ2) is 10.5. The number of benzene rings is 3. The van der Waals surface area contributed by atoms with Crippen LogP contribution in [0.2, 0.25) is 0 Å². The molecule has 0 radical (unpaired) electrons. The molecule has 1 unspecified atom stereocenters. The lowest BCUT2D eigenvalue weighted by atomic mass is 10.2. The van der Waals surface area contributed by atoms with Crippen molar-refractivity contribution in [1.29, 1.82) is 0 Å². The Balaban J connectivity index is 1.71. The number of esters is 1. The maximum absolute atomic E-state index is 13.8. The van der Waals surface area contributed by atoms with Gasteiger partial charge in [0.25, 0.3) is 0 Å². The van der Waals surface area contributed by atoms with E-state index in [2.05, 4.69) is 0 Å². The number of carbonyl (C=O) groups is 2. The summed E-state index contributed by atoms with van der Waals surface area (Å²) in [6, 6.07) is 21.1. The number of para-hydroxylation sites is 2. The van der Waals surface area contributed by atoms with E-state index in [0.29, 0.717) is 17.0 Å². The van der Waals surface area contributed by atoms with E-state index in [1.165, 1.54) is 16.3 Å². The van der Waals surface area contributed by atoms with E-state index in [0.717, 1.165) is 11.1 Å². The lowest BCUT2D eigenvalue weighted by molar-refractivity contribution is -0.148. The Bertz CT molecular complexity index is 1370. The summed E-state index contributed by atoms with van der Waals surface area (Å²) >= 11 is 0. The fourth-order valence-electron chi connectivity index (χ4n) is 4.10. The summed E-state index contributed by atoms with van der Waals surface area (Å²) in [5.74, 6) is -0.754. The van der Waals surface area contributed by atoms with Gasteiger partial charge >= 0.3 is 5.97 Å². The molecule has 0 saturated heterocycles. The van der Waals surface area contributed by atoms with Gasteiger partial charge in [-0.2, -0.15) is 4.31 Å². The number of fused-ring (bicyclic) bond motifs is 1. The minimum Gasteiger partial charge on any atom is -0.475 e. The van der Waals surface area contributed by atoms with Gasteiger partial charge in [-0.05, 0) is 48.7 Å². The number of ether oxygens (including phenoxy) is 2. The summed E-state index contributed by atoms with van der Waals surface area (Å²) < 4.78 is 39.4. The number of amides is 1. The van der Waals surface area contributed by atoms with Crippen LogP contribution in [-0.4, -0.2) is 50.9 Å². The van der Waals surface area contributed by atoms with E-state index in [1.54, 1.807) is 43.3 Å². The summed E-state index contributed by atoms with van der Waals surface area (Å²) in [5, 5.41) is 0. The van der Waals surface area contributed by atoms with E-state index in [4.69, 9.17) is 9.47 Å². The Morgan fingerprint density at radius 1 is 1.03 bits per heavy atom. The highest BCUT2D eigenvalue weighted by Crippen LogP contribution is 2.34. The molecule has 4 rings (SSSR count). The van der Waals surface area contributed by atoms with E-state index in [1.807, 2.05) is 43.3 Å². The predicted molar refractivity (Wildman–Crippen MR) is 135 cm³/mol. The third kappa shape index (κ3) is 5.27. The molecule has 0 N–H and O–H groups in total. The zero-order chi connectivity index (χ0) is 25.9. The number of aryl methyl sites for hydroxylation is 2. The Morgan fingerprint density at radius 3 is 2.44 bits per heavy atom. The molecule has 1 aliphatic heterocycles. The molecular weight excluding hydrogens is 480 g/mol. The van der Waals surface area contributed by atoms with Crippen LogP contribution in [0.5, 0.6) is 5.75 Å². The molecule has 0 aliphatic carbocycles. The lowest BCUT2D eigenvalue weighted by Crippen LogP contribution is -2.50. The summed E-state index contributed by atoms with van der Waals surface area (Å²) in [6.45, 7) is 3.05. The molecule has 9 heteroatoms. The van der Waals surface area contributed by atoms with E-state index < -0.39 is 34.5 Å². The summed E-state index contributed by atoms with van der Waals surface area (Å²) in [5.41, 5.74) is 2.60. The van der Waals surface area contributed by atoms with Crippen LogP contribution < -0.4 is 9.64 Å². The highest BCUT2D eigenvalue weighted by atomic mass is 32.2. The number of nitrogens with zero attached hydrogens (tertiary/aromatic N) is 2. The number of hydrogen-bond acceptors (Lipinski definition) is 6. The van der Waals surface area contributed by atoms with Gasteiger partial charge in [0.05, 0.1) is 30.8 Å². The Hall–Kier alpha value is -3.69. The summed E-state index contributed by atoms with van der Waals surface area (Å²) in [7, 11) is -2.79. The maximum Gasteiger partial charge on any atom is 0.348 e. The smallest absolute Gasteiger partial charge is 0.348 e. The largest absolute Gasteiger partial charge is 0.475 e. The molecule has 1 heterocycles. The van der Waals surface area contributed by atoms with Gasteiger partial charge in [0.2, 0.25) is 22.0 Å². The molecule has 1 amide bonds. The van der Waals surface area contributed by atoms with Crippen molar-refractivity contribution in [2.45, 2.75) is 31.4 Å². The molecule has 0 bridgehead atoms. The monoisotopic (exact) mass is 508 g/mol. The predicted octanol–water partition coefficient (Wildman–Crippen LogP) is 3.46. The quantitative estimate of drug-likeness (QED) is 0.454. The van der Waals surface area contributed by atoms with Crippen LogP contribution in [-0.2, 0) is 30.9 Å². The van der Waals surface area contributed by atoms with E-state index >= 15 is 0 Å². The van der Waals surface area contributed by atoms with Gasteiger partial charge in [0, 0.05) is 6.54 Å². The molecule has 188 valence electrons. The van der Waals surface area contributed by atoms with Gasteiger partial charge in [-0.15, -0.1) is 0 Å². The standard InChI is InChI=1S/C27H28N2O6S/c1-19-13-14-20(2)25(15-19)36(32,33)28(16-21-9-5-4-6-10-21)18-26(30)29-17-24(27(31)34-3)35-23-12-8-7-11-22(23)29/h4-15,24H,16-18H2,1-3H3. The van der Waals surface area contributed by atoms with Crippen molar-refractivity contribution in [1.82, 2.24) is 4.31 Å². The van der Waals surface area contributed by atoms with Crippen molar-refractivity contribution < 1.29 is 27.5 Å². The summed E-state index contributed by atoms with van der Waals surface area (Å²) in [4.78, 5) is 27.4. The van der Waals surface area contributed by atoms with Crippen molar-refractivity contribution in [3.63, 3.8) is 0 Å². The second-order valence-electron chi connectivity index (χ2n) is 8.63. The molecule has 36 heavy (non-hydrogen) atoms. The van der Waals surface area contributed by atoms with Crippen LogP contribution >= 0.6 is 0 Å². The number of carbonyl (C=O) groups excluding carboxylic acids is 2. The third-order valence-corrected chi connectivity index (χ3v) is 7.95. The highest BCUT2D eigenvalue weighted by molar-refractivity contribution is 7.89. The minimum atomic E-state index is -4.04. The van der Waals surface area contributed by atoms with Crippen LogP contribution in [0.4, 0.5) is 5.69 Å². The van der Waals surface area contributed by atoms with Gasteiger partial charge < -0.3 is 14.4 Å². The fraction of sp³-hybridized carbons (Fsp3) is 0.259. The molecule has 0 aromatic heterocycles. The molecule has 1 atom stereocenters. The number of sulfonamides is 1. The van der Waals surface area contributed by atoms with Crippen molar-refractivity contribution >= 4 is 27.6 Å². The number of hydrogen-bond donors (Lipinski definition) is 0. The van der Waals surface area contributed by atoms with E-state index in [-0.39, 0.29) is 18.0 Å². The topological polar surface area (TPSA) is 93.2 Å². The molecule has 0 spiro atoms. The Labute approximate surface area is 211 Å². The molecule has 3 aromatic rings. The lowest BCUT2D eigenvalue weighted by Gasteiger charge is -2.34. The first-order valence-corrected chi connectivity index (χ1v) is 12.9. The average molecular weight is 509 g/mol. The SMILES string of the molecule is COC(=O)C1CN(C(=O)CN(Cc2ccccc2)S(=O)(=O)c2cc(C)ccc2C)c2ccccc2O1. The van der Waals surface area contributed by atoms with Crippen LogP contribution in [0.25, 0.3) is 0 Å². The van der Waals surface area contributed by atoms with Crippen molar-refractivity contribution in [3.8, 4) is 5.75 Å². The number of methoxy groups -OCH3 is 1. The maximum atomic E-state index is 13.8.